The molecule has 1 rings (SSSR count). The van der Waals surface area contributed by atoms with Gasteiger partial charge in [0.05, 0.1) is 0 Å². The molecule has 2 N–H and O–H groups in total. The Balaban J connectivity index is 2.47. The highest BCUT2D eigenvalue weighted by molar-refractivity contribution is 4.91. The molecular weight excluding hydrogens is 126 g/mol. The first-order valence-electron chi connectivity index (χ1n) is 3.71. The van der Waals surface area contributed by atoms with Crippen LogP contribution >= 0.6 is 0 Å². The largest absolute Gasteiger partial charge is 0.351 e. The lowest BCUT2D eigenvalue weighted by Crippen LogP contribution is -2.53. The van der Waals surface area contributed by atoms with E-state index in [1.54, 1.807) is 0 Å². The third kappa shape index (κ3) is 1.49. The first kappa shape index (κ1) is 7.57. The molecule has 3 heteroatoms. The minimum absolute atomic E-state index is 0.315. The van der Waals surface area contributed by atoms with Crippen molar-refractivity contribution in [3.63, 3.8) is 0 Å². The highest BCUT2D eigenvalue weighted by Crippen LogP contribution is 1.97. The zero-order valence-electron chi connectivity index (χ0n) is 6.59. The van der Waals surface area contributed by atoms with Crippen molar-refractivity contribution in [3.8, 4) is 0 Å². The minimum atomic E-state index is 0.315. The standard InChI is InChI=1S/C7H15N3/c1-3-10-6-4-5-9-7(10)8-2/h4,6-9H,3,5H2,1-2H3. The molecule has 3 nitrogen and oxygen atoms in total. The lowest BCUT2D eigenvalue weighted by Gasteiger charge is -2.32. The molecule has 1 heterocycles. The van der Waals surface area contributed by atoms with Crippen LogP contribution in [0.3, 0.4) is 0 Å². The monoisotopic (exact) mass is 141 g/mol. The number of nitrogens with one attached hydrogen (secondary N) is 2. The summed E-state index contributed by atoms with van der Waals surface area (Å²) in [5.41, 5.74) is 0. The minimum Gasteiger partial charge on any atom is -0.351 e. The van der Waals surface area contributed by atoms with Gasteiger partial charge in [0.15, 0.2) is 0 Å². The van der Waals surface area contributed by atoms with Crippen molar-refractivity contribution in [1.82, 2.24) is 15.5 Å². The fraction of sp³-hybridized carbons (Fsp3) is 0.714. The summed E-state index contributed by atoms with van der Waals surface area (Å²) in [6, 6.07) is 0. The molecule has 0 saturated carbocycles. The molecule has 0 amide bonds. The van der Waals surface area contributed by atoms with E-state index in [-0.39, 0.29) is 0 Å². The van der Waals surface area contributed by atoms with Gasteiger partial charge in [-0.2, -0.15) is 0 Å². The summed E-state index contributed by atoms with van der Waals surface area (Å²) < 4.78 is 0. The molecule has 0 aromatic rings. The fourth-order valence-electron chi connectivity index (χ4n) is 1.13. The molecule has 1 atom stereocenters. The Labute approximate surface area is 62.1 Å². The number of nitrogens with zero attached hydrogens (tertiary/aromatic N) is 1. The first-order valence-corrected chi connectivity index (χ1v) is 3.71. The maximum atomic E-state index is 3.30. The van der Waals surface area contributed by atoms with Crippen LogP contribution in [0.4, 0.5) is 0 Å². The van der Waals surface area contributed by atoms with Crippen LogP contribution in [0, 0.1) is 0 Å². The Morgan fingerprint density at radius 3 is 3.10 bits per heavy atom. The van der Waals surface area contributed by atoms with E-state index < -0.39 is 0 Å². The van der Waals surface area contributed by atoms with Gasteiger partial charge in [-0.1, -0.05) is 6.08 Å². The van der Waals surface area contributed by atoms with Gasteiger partial charge in [0.2, 0.25) is 0 Å². The molecule has 0 aromatic carbocycles. The van der Waals surface area contributed by atoms with Gasteiger partial charge in [-0.05, 0) is 20.2 Å². The Bertz CT molecular complexity index is 122. The summed E-state index contributed by atoms with van der Waals surface area (Å²) in [5, 5.41) is 6.47. The lowest BCUT2D eigenvalue weighted by atomic mass is 10.4. The van der Waals surface area contributed by atoms with Gasteiger partial charge in [-0.15, -0.1) is 0 Å². The molecule has 1 aliphatic rings. The molecule has 0 saturated heterocycles. The summed E-state index contributed by atoms with van der Waals surface area (Å²) >= 11 is 0. The average molecular weight is 141 g/mol. The SMILES string of the molecule is CCN1C=CCNC1NC. The molecule has 0 aliphatic carbocycles. The summed E-state index contributed by atoms with van der Waals surface area (Å²) in [6.45, 7) is 4.14. The van der Waals surface area contributed by atoms with Crippen molar-refractivity contribution in [2.75, 3.05) is 20.1 Å². The second kappa shape index (κ2) is 3.58. The maximum absolute atomic E-state index is 3.30. The van der Waals surface area contributed by atoms with Crippen molar-refractivity contribution in [1.29, 1.82) is 0 Å². The van der Waals surface area contributed by atoms with E-state index in [0.29, 0.717) is 6.29 Å². The molecule has 1 unspecified atom stereocenters. The zero-order chi connectivity index (χ0) is 7.40. The van der Waals surface area contributed by atoms with Gasteiger partial charge in [0, 0.05) is 13.1 Å². The van der Waals surface area contributed by atoms with E-state index in [9.17, 15) is 0 Å². The van der Waals surface area contributed by atoms with Crippen LogP contribution in [-0.4, -0.2) is 31.3 Å². The number of hydrogen-bond acceptors (Lipinski definition) is 3. The van der Waals surface area contributed by atoms with Crippen LogP contribution in [0.2, 0.25) is 0 Å². The van der Waals surface area contributed by atoms with Crippen molar-refractivity contribution in [3.05, 3.63) is 12.3 Å². The molecule has 0 spiro atoms. The zero-order valence-corrected chi connectivity index (χ0v) is 6.59. The van der Waals surface area contributed by atoms with Crippen LogP contribution in [0.15, 0.2) is 12.3 Å². The highest BCUT2D eigenvalue weighted by atomic mass is 15.4. The predicted octanol–water partition coefficient (Wildman–Crippen LogP) is -0.0718. The molecule has 0 aromatic heterocycles. The van der Waals surface area contributed by atoms with E-state index in [0.717, 1.165) is 13.1 Å². The van der Waals surface area contributed by atoms with E-state index in [2.05, 4.69) is 34.7 Å². The maximum Gasteiger partial charge on any atom is 0.134 e. The Morgan fingerprint density at radius 2 is 2.60 bits per heavy atom. The third-order valence-corrected chi connectivity index (χ3v) is 1.70. The van der Waals surface area contributed by atoms with Crippen LogP contribution in [0.1, 0.15) is 6.92 Å². The summed E-state index contributed by atoms with van der Waals surface area (Å²) in [4.78, 5) is 2.21. The molecule has 58 valence electrons. The third-order valence-electron chi connectivity index (χ3n) is 1.70. The van der Waals surface area contributed by atoms with Crippen LogP contribution in [0.5, 0.6) is 0 Å². The molecule has 1 aliphatic heterocycles. The summed E-state index contributed by atoms with van der Waals surface area (Å²) in [5.74, 6) is 0. The molecule has 0 bridgehead atoms. The van der Waals surface area contributed by atoms with E-state index >= 15 is 0 Å². The second-order valence-electron chi connectivity index (χ2n) is 2.31. The fourth-order valence-corrected chi connectivity index (χ4v) is 1.13. The van der Waals surface area contributed by atoms with Gasteiger partial charge in [-0.25, -0.2) is 0 Å². The van der Waals surface area contributed by atoms with E-state index in [1.165, 1.54) is 0 Å². The van der Waals surface area contributed by atoms with Gasteiger partial charge < -0.3 is 4.90 Å². The molecule has 10 heavy (non-hydrogen) atoms. The van der Waals surface area contributed by atoms with Gasteiger partial charge in [-0.3, -0.25) is 10.6 Å². The second-order valence-corrected chi connectivity index (χ2v) is 2.31. The summed E-state index contributed by atoms with van der Waals surface area (Å²) in [7, 11) is 1.96. The van der Waals surface area contributed by atoms with Crippen LogP contribution in [0.25, 0.3) is 0 Å². The quantitative estimate of drug-likeness (QED) is 0.563. The van der Waals surface area contributed by atoms with Gasteiger partial charge in [0.1, 0.15) is 6.29 Å². The van der Waals surface area contributed by atoms with Crippen molar-refractivity contribution >= 4 is 0 Å². The smallest absolute Gasteiger partial charge is 0.134 e. The Kier molecular flexibility index (Phi) is 2.71. The molecule has 0 radical (unpaired) electrons. The van der Waals surface area contributed by atoms with E-state index in [4.69, 9.17) is 0 Å². The Morgan fingerprint density at radius 1 is 1.80 bits per heavy atom. The first-order chi connectivity index (χ1) is 4.88. The highest BCUT2D eigenvalue weighted by Gasteiger charge is 2.11. The molecule has 0 fully saturated rings. The van der Waals surface area contributed by atoms with Crippen molar-refractivity contribution < 1.29 is 0 Å². The molecular formula is C7H15N3. The normalized spacial score (nSPS) is 25.4. The number of rotatable bonds is 2. The topological polar surface area (TPSA) is 27.3 Å². The predicted molar refractivity (Wildman–Crippen MR) is 42.4 cm³/mol. The van der Waals surface area contributed by atoms with Crippen molar-refractivity contribution in [2.45, 2.75) is 13.2 Å². The van der Waals surface area contributed by atoms with Crippen molar-refractivity contribution in [2.24, 2.45) is 0 Å². The van der Waals surface area contributed by atoms with Crippen LogP contribution < -0.4 is 10.6 Å². The van der Waals surface area contributed by atoms with Crippen LogP contribution in [-0.2, 0) is 0 Å². The lowest BCUT2D eigenvalue weighted by molar-refractivity contribution is 0.205. The van der Waals surface area contributed by atoms with Gasteiger partial charge in [0.25, 0.3) is 0 Å². The van der Waals surface area contributed by atoms with E-state index in [1.807, 2.05) is 7.05 Å². The Hall–Kier alpha value is -0.540. The number of hydrogen-bond donors (Lipinski definition) is 2. The summed E-state index contributed by atoms with van der Waals surface area (Å²) in [6.07, 6.45) is 4.56. The van der Waals surface area contributed by atoms with Gasteiger partial charge >= 0.3 is 0 Å². The average Bonchev–Trinajstić information content (AvgIpc) is 2.04.